The van der Waals surface area contributed by atoms with Gasteiger partial charge in [-0.3, -0.25) is 14.5 Å². The molecule has 2 amide bonds. The summed E-state index contributed by atoms with van der Waals surface area (Å²) in [7, 11) is 1.63. The van der Waals surface area contributed by atoms with Crippen molar-refractivity contribution in [1.29, 1.82) is 0 Å². The van der Waals surface area contributed by atoms with Crippen molar-refractivity contribution in [3.05, 3.63) is 71.1 Å². The molecule has 0 radical (unpaired) electrons. The van der Waals surface area contributed by atoms with Crippen molar-refractivity contribution in [2.45, 2.75) is 50.7 Å². The van der Waals surface area contributed by atoms with E-state index in [1.165, 1.54) is 11.1 Å². The molecule has 1 unspecified atom stereocenters. The minimum Gasteiger partial charge on any atom is -0.481 e. The standard InChI is InChI=1S/C26H30N4O3/c1-17-3-7-23(25(31)28-17)30-16-21-13-20(5-6-22(21)26(30)32)19-9-11-29(12-10-19)15-18-4-8-24(33-2)27-14-18/h4-6,8,13-14,19,23H,1,3,7,9-12,15-16H2,2H3,(H,28,31). The molecule has 3 aliphatic heterocycles. The number of nitrogens with one attached hydrogen (secondary N) is 1. The van der Waals surface area contributed by atoms with E-state index in [-0.39, 0.29) is 11.8 Å². The second-order valence-corrected chi connectivity index (χ2v) is 9.26. The van der Waals surface area contributed by atoms with Crippen molar-refractivity contribution in [3.63, 3.8) is 0 Å². The molecule has 7 heteroatoms. The number of hydrogen-bond donors (Lipinski definition) is 1. The number of fused-ring (bicyclic) bond motifs is 1. The number of methoxy groups -OCH3 is 1. The first kappa shape index (κ1) is 21.6. The zero-order chi connectivity index (χ0) is 22.9. The maximum Gasteiger partial charge on any atom is 0.255 e. The third-order valence-corrected chi connectivity index (χ3v) is 7.13. The minimum absolute atomic E-state index is 0.0351. The highest BCUT2D eigenvalue weighted by molar-refractivity contribution is 6.01. The third-order valence-electron chi connectivity index (χ3n) is 7.13. The van der Waals surface area contributed by atoms with Crippen LogP contribution >= 0.6 is 0 Å². The molecule has 2 aromatic rings. The molecule has 3 aliphatic rings. The summed E-state index contributed by atoms with van der Waals surface area (Å²) >= 11 is 0. The average molecular weight is 447 g/mol. The van der Waals surface area contributed by atoms with E-state index in [1.54, 1.807) is 12.0 Å². The molecule has 7 nitrogen and oxygen atoms in total. The summed E-state index contributed by atoms with van der Waals surface area (Å²) < 4.78 is 5.14. The van der Waals surface area contributed by atoms with Crippen LogP contribution in [0.3, 0.4) is 0 Å². The Morgan fingerprint density at radius 1 is 1.15 bits per heavy atom. The number of pyridine rings is 1. The van der Waals surface area contributed by atoms with Gasteiger partial charge in [-0.15, -0.1) is 0 Å². The van der Waals surface area contributed by atoms with Gasteiger partial charge in [-0.25, -0.2) is 4.98 Å². The lowest BCUT2D eigenvalue weighted by Crippen LogP contribution is -2.49. The van der Waals surface area contributed by atoms with Gasteiger partial charge in [0.1, 0.15) is 6.04 Å². The van der Waals surface area contributed by atoms with Crippen molar-refractivity contribution in [3.8, 4) is 5.88 Å². The van der Waals surface area contributed by atoms with E-state index in [1.807, 2.05) is 18.3 Å². The van der Waals surface area contributed by atoms with Crippen LogP contribution in [0.2, 0.25) is 0 Å². The number of ether oxygens (including phenoxy) is 1. The quantitative estimate of drug-likeness (QED) is 0.763. The Balaban J connectivity index is 1.21. The number of rotatable bonds is 5. The molecule has 1 N–H and O–H groups in total. The van der Waals surface area contributed by atoms with Crippen molar-refractivity contribution < 1.29 is 14.3 Å². The predicted molar refractivity (Wildman–Crippen MR) is 125 cm³/mol. The van der Waals surface area contributed by atoms with Crippen molar-refractivity contribution in [1.82, 2.24) is 20.1 Å². The van der Waals surface area contributed by atoms with Crippen LogP contribution in [-0.4, -0.2) is 52.8 Å². The molecular formula is C26H30N4O3. The summed E-state index contributed by atoms with van der Waals surface area (Å²) in [6, 6.07) is 9.84. The first-order valence-corrected chi connectivity index (χ1v) is 11.7. The molecule has 1 atom stereocenters. The number of hydrogen-bond acceptors (Lipinski definition) is 5. The number of nitrogens with zero attached hydrogens (tertiary/aromatic N) is 3. The largest absolute Gasteiger partial charge is 0.481 e. The minimum atomic E-state index is -0.408. The molecule has 0 saturated carbocycles. The van der Waals surface area contributed by atoms with Gasteiger partial charge >= 0.3 is 0 Å². The Labute approximate surface area is 194 Å². The van der Waals surface area contributed by atoms with E-state index in [0.717, 1.165) is 49.3 Å². The summed E-state index contributed by atoms with van der Waals surface area (Å²) in [4.78, 5) is 33.9. The van der Waals surface area contributed by atoms with Crippen LogP contribution in [0.1, 0.15) is 58.6 Å². The topological polar surface area (TPSA) is 74.8 Å². The lowest BCUT2D eigenvalue weighted by atomic mass is 9.88. The van der Waals surface area contributed by atoms with E-state index in [2.05, 4.69) is 40.0 Å². The summed E-state index contributed by atoms with van der Waals surface area (Å²) in [5.74, 6) is 0.978. The number of allylic oxidation sites excluding steroid dienone is 1. The van der Waals surface area contributed by atoms with E-state index in [4.69, 9.17) is 4.74 Å². The number of aromatic nitrogens is 1. The maximum atomic E-state index is 13.0. The summed E-state index contributed by atoms with van der Waals surface area (Å²) in [5, 5.41) is 2.80. The maximum absolute atomic E-state index is 13.0. The molecule has 0 bridgehead atoms. The molecule has 172 valence electrons. The summed E-state index contributed by atoms with van der Waals surface area (Å²) in [5.41, 5.74) is 5.01. The van der Waals surface area contributed by atoms with Gasteiger partial charge in [-0.1, -0.05) is 24.8 Å². The number of amides is 2. The first-order chi connectivity index (χ1) is 16.0. The Morgan fingerprint density at radius 2 is 1.97 bits per heavy atom. The van der Waals surface area contributed by atoms with Crippen molar-refractivity contribution in [2.24, 2.45) is 0 Å². The fourth-order valence-corrected chi connectivity index (χ4v) is 5.24. The van der Waals surface area contributed by atoms with Crippen LogP contribution in [-0.2, 0) is 17.9 Å². The van der Waals surface area contributed by atoms with Crippen LogP contribution in [0, 0.1) is 0 Å². The van der Waals surface area contributed by atoms with Crippen molar-refractivity contribution in [2.75, 3.05) is 20.2 Å². The van der Waals surface area contributed by atoms with Crippen LogP contribution in [0.25, 0.3) is 0 Å². The molecule has 0 aliphatic carbocycles. The van der Waals surface area contributed by atoms with Crippen LogP contribution in [0.4, 0.5) is 0 Å². The Kier molecular flexibility index (Phi) is 5.89. The molecule has 1 aromatic heterocycles. The van der Waals surface area contributed by atoms with Gasteiger partial charge in [0.25, 0.3) is 5.91 Å². The molecule has 4 heterocycles. The molecule has 5 rings (SSSR count). The Bertz CT molecular complexity index is 1070. The monoisotopic (exact) mass is 446 g/mol. The van der Waals surface area contributed by atoms with Gasteiger partial charge in [0, 0.05) is 36.6 Å². The SMILES string of the molecule is C=C1CCC(N2Cc3cc(C4CCN(Cc5ccc(OC)nc5)CC4)ccc3C2=O)C(=O)N1. The molecule has 0 spiro atoms. The van der Waals surface area contributed by atoms with E-state index >= 15 is 0 Å². The zero-order valence-corrected chi connectivity index (χ0v) is 19.0. The number of piperidine rings is 2. The Morgan fingerprint density at radius 3 is 2.67 bits per heavy atom. The summed E-state index contributed by atoms with van der Waals surface area (Å²) in [6.45, 7) is 7.31. The van der Waals surface area contributed by atoms with E-state index in [9.17, 15) is 9.59 Å². The van der Waals surface area contributed by atoms with Crippen LogP contribution < -0.4 is 10.1 Å². The highest BCUT2D eigenvalue weighted by atomic mass is 16.5. The zero-order valence-electron chi connectivity index (χ0n) is 19.0. The highest BCUT2D eigenvalue weighted by Crippen LogP contribution is 2.34. The van der Waals surface area contributed by atoms with Gasteiger partial charge in [0.2, 0.25) is 11.8 Å². The second-order valence-electron chi connectivity index (χ2n) is 9.26. The lowest BCUT2D eigenvalue weighted by molar-refractivity contribution is -0.126. The molecule has 1 aromatic carbocycles. The van der Waals surface area contributed by atoms with E-state index < -0.39 is 6.04 Å². The third kappa shape index (κ3) is 4.37. The van der Waals surface area contributed by atoms with Gasteiger partial charge < -0.3 is 15.0 Å². The van der Waals surface area contributed by atoms with Gasteiger partial charge in [0.05, 0.1) is 7.11 Å². The molecular weight excluding hydrogens is 416 g/mol. The van der Waals surface area contributed by atoms with E-state index in [0.29, 0.717) is 31.2 Å². The fourth-order valence-electron chi connectivity index (χ4n) is 5.24. The normalized spacial score (nSPS) is 21.8. The molecule has 33 heavy (non-hydrogen) atoms. The average Bonchev–Trinajstić information content (AvgIpc) is 3.15. The molecule has 2 saturated heterocycles. The first-order valence-electron chi connectivity index (χ1n) is 11.7. The molecule has 2 fully saturated rings. The number of benzene rings is 1. The van der Waals surface area contributed by atoms with Crippen LogP contribution in [0.15, 0.2) is 48.8 Å². The van der Waals surface area contributed by atoms with Gasteiger partial charge in [-0.2, -0.15) is 0 Å². The Hall–Kier alpha value is -3.19. The smallest absolute Gasteiger partial charge is 0.255 e. The second kappa shape index (κ2) is 8.98. The van der Waals surface area contributed by atoms with Crippen LogP contribution in [0.5, 0.6) is 5.88 Å². The van der Waals surface area contributed by atoms with Gasteiger partial charge in [-0.05, 0) is 67.4 Å². The van der Waals surface area contributed by atoms with Gasteiger partial charge in [0.15, 0.2) is 0 Å². The number of carbonyl (C=O) groups excluding carboxylic acids is 2. The number of likely N-dealkylation sites (tertiary alicyclic amines) is 1. The summed E-state index contributed by atoms with van der Waals surface area (Å²) in [6.07, 6.45) is 5.42. The predicted octanol–water partition coefficient (Wildman–Crippen LogP) is 3.22. The fraction of sp³-hybridized carbons (Fsp3) is 0.423. The van der Waals surface area contributed by atoms with Crippen molar-refractivity contribution >= 4 is 11.8 Å². The number of carbonyl (C=O) groups is 2. The lowest BCUT2D eigenvalue weighted by Gasteiger charge is -2.32. The highest BCUT2D eigenvalue weighted by Gasteiger charge is 2.38.